The summed E-state index contributed by atoms with van der Waals surface area (Å²) >= 11 is 1.62. The molecule has 2 aliphatic carbocycles. The number of aromatic nitrogens is 1. The molecular weight excluding hydrogens is 306 g/mol. The molecule has 0 radical (unpaired) electrons. The summed E-state index contributed by atoms with van der Waals surface area (Å²) in [5.41, 5.74) is 4.80. The Labute approximate surface area is 140 Å². The van der Waals surface area contributed by atoms with Gasteiger partial charge in [0.05, 0.1) is 5.69 Å². The summed E-state index contributed by atoms with van der Waals surface area (Å²) in [6.45, 7) is 2.27. The number of carbonyl (C=O) groups excluding carboxylic acids is 1. The third-order valence-corrected chi connectivity index (χ3v) is 5.80. The van der Waals surface area contributed by atoms with Crippen molar-refractivity contribution in [2.24, 2.45) is 5.92 Å². The van der Waals surface area contributed by atoms with E-state index in [2.05, 4.69) is 34.7 Å². The molecule has 0 aliphatic heterocycles. The summed E-state index contributed by atoms with van der Waals surface area (Å²) in [4.78, 5) is 18.1. The highest BCUT2D eigenvalue weighted by Gasteiger charge is 2.20. The number of urea groups is 1. The lowest BCUT2D eigenvalue weighted by molar-refractivity contribution is 0.262. The molecule has 2 aromatic rings. The molecule has 4 nitrogen and oxygen atoms in total. The number of thiazole rings is 1. The second-order valence-corrected chi connectivity index (χ2v) is 7.74. The SMILES string of the molecule is C[C@H]1CCc2nc(NC(=O)Nc3ccc4c(c3)CCC4)sc2C1. The third-order valence-electron chi connectivity index (χ3n) is 4.76. The highest BCUT2D eigenvalue weighted by Crippen LogP contribution is 2.32. The fraction of sp³-hybridized carbons (Fsp3) is 0.444. The van der Waals surface area contributed by atoms with Gasteiger partial charge in [-0.2, -0.15) is 0 Å². The lowest BCUT2D eigenvalue weighted by Gasteiger charge is -2.15. The summed E-state index contributed by atoms with van der Waals surface area (Å²) < 4.78 is 0. The summed E-state index contributed by atoms with van der Waals surface area (Å²) in [6, 6.07) is 6.00. The lowest BCUT2D eigenvalue weighted by atomic mass is 9.93. The Morgan fingerprint density at radius 1 is 1.22 bits per heavy atom. The topological polar surface area (TPSA) is 54.0 Å². The van der Waals surface area contributed by atoms with Crippen LogP contribution in [0, 0.1) is 5.92 Å². The monoisotopic (exact) mass is 327 g/mol. The first-order valence-corrected chi connectivity index (χ1v) is 9.17. The van der Waals surface area contributed by atoms with Crippen LogP contribution in [0.5, 0.6) is 0 Å². The minimum atomic E-state index is -0.206. The van der Waals surface area contributed by atoms with Crippen molar-refractivity contribution in [2.45, 2.75) is 45.4 Å². The Kier molecular flexibility index (Phi) is 3.81. The molecule has 0 unspecified atom stereocenters. The Morgan fingerprint density at radius 2 is 2.09 bits per heavy atom. The first kappa shape index (κ1) is 14.7. The average Bonchev–Trinajstić information content (AvgIpc) is 3.11. The maximum Gasteiger partial charge on any atom is 0.325 e. The molecule has 1 aromatic carbocycles. The zero-order valence-electron chi connectivity index (χ0n) is 13.3. The zero-order valence-corrected chi connectivity index (χ0v) is 14.1. The minimum absolute atomic E-state index is 0.206. The predicted octanol–water partition coefficient (Wildman–Crippen LogP) is 4.40. The van der Waals surface area contributed by atoms with Crippen molar-refractivity contribution in [3.8, 4) is 0 Å². The number of hydrogen-bond donors (Lipinski definition) is 2. The average molecular weight is 327 g/mol. The number of benzene rings is 1. The minimum Gasteiger partial charge on any atom is -0.308 e. The largest absolute Gasteiger partial charge is 0.325 e. The Morgan fingerprint density at radius 3 is 3.00 bits per heavy atom. The first-order valence-electron chi connectivity index (χ1n) is 8.36. The predicted molar refractivity (Wildman–Crippen MR) is 94.4 cm³/mol. The summed E-state index contributed by atoms with van der Waals surface area (Å²) in [6.07, 6.45) is 6.79. The van der Waals surface area contributed by atoms with Crippen LogP contribution in [0.4, 0.5) is 15.6 Å². The van der Waals surface area contributed by atoms with E-state index in [1.807, 2.05) is 6.07 Å². The van der Waals surface area contributed by atoms with E-state index in [1.54, 1.807) is 11.3 Å². The zero-order chi connectivity index (χ0) is 15.8. The van der Waals surface area contributed by atoms with Crippen molar-refractivity contribution >= 4 is 28.2 Å². The molecule has 2 N–H and O–H groups in total. The van der Waals surface area contributed by atoms with Crippen LogP contribution in [-0.2, 0) is 25.7 Å². The number of aryl methyl sites for hydroxylation is 3. The number of rotatable bonds is 2. The number of nitrogens with one attached hydrogen (secondary N) is 2. The van der Waals surface area contributed by atoms with E-state index in [0.29, 0.717) is 5.13 Å². The van der Waals surface area contributed by atoms with Gasteiger partial charge in [0, 0.05) is 10.6 Å². The van der Waals surface area contributed by atoms with Gasteiger partial charge < -0.3 is 5.32 Å². The molecule has 120 valence electrons. The van der Waals surface area contributed by atoms with Crippen molar-refractivity contribution in [1.82, 2.24) is 4.98 Å². The van der Waals surface area contributed by atoms with Crippen LogP contribution >= 0.6 is 11.3 Å². The van der Waals surface area contributed by atoms with Crippen LogP contribution in [0.15, 0.2) is 18.2 Å². The highest BCUT2D eigenvalue weighted by molar-refractivity contribution is 7.15. The van der Waals surface area contributed by atoms with E-state index in [0.717, 1.165) is 37.3 Å². The number of nitrogens with zero attached hydrogens (tertiary/aromatic N) is 1. The molecule has 2 aliphatic rings. The van der Waals surface area contributed by atoms with Gasteiger partial charge in [-0.15, -0.1) is 11.3 Å². The number of amides is 2. The van der Waals surface area contributed by atoms with Crippen LogP contribution in [0.2, 0.25) is 0 Å². The fourth-order valence-electron chi connectivity index (χ4n) is 3.50. The van der Waals surface area contributed by atoms with Crippen LogP contribution in [-0.4, -0.2) is 11.0 Å². The van der Waals surface area contributed by atoms with Gasteiger partial charge in [-0.25, -0.2) is 9.78 Å². The van der Waals surface area contributed by atoms with Gasteiger partial charge in [0.1, 0.15) is 0 Å². The van der Waals surface area contributed by atoms with Gasteiger partial charge in [0.15, 0.2) is 5.13 Å². The van der Waals surface area contributed by atoms with E-state index >= 15 is 0 Å². The molecule has 5 heteroatoms. The number of fused-ring (bicyclic) bond motifs is 2. The Balaban J connectivity index is 1.42. The van der Waals surface area contributed by atoms with Crippen molar-refractivity contribution < 1.29 is 4.79 Å². The standard InChI is InChI=1S/C18H21N3OS/c1-11-5-8-15-16(9-11)23-18(20-15)21-17(22)19-14-7-6-12-3-2-4-13(12)10-14/h6-7,10-11H,2-5,8-9H2,1H3,(H2,19,20,21,22)/t11-/m0/s1. The molecule has 4 rings (SSSR count). The Bertz CT molecular complexity index is 753. The first-order chi connectivity index (χ1) is 11.2. The number of carbonyl (C=O) groups is 1. The molecule has 0 saturated carbocycles. The van der Waals surface area contributed by atoms with Gasteiger partial charge in [-0.3, -0.25) is 5.32 Å². The second kappa shape index (κ2) is 5.96. The van der Waals surface area contributed by atoms with Gasteiger partial charge in [-0.05, 0) is 67.7 Å². The van der Waals surface area contributed by atoms with Crippen LogP contribution in [0.1, 0.15) is 41.5 Å². The number of hydrogen-bond acceptors (Lipinski definition) is 3. The van der Waals surface area contributed by atoms with Crippen molar-refractivity contribution in [3.05, 3.63) is 39.9 Å². The lowest BCUT2D eigenvalue weighted by Crippen LogP contribution is -2.19. The molecular formula is C18H21N3OS. The normalized spacial score (nSPS) is 19.1. The molecule has 0 saturated heterocycles. The smallest absolute Gasteiger partial charge is 0.308 e. The van der Waals surface area contributed by atoms with E-state index in [4.69, 9.17) is 0 Å². The molecule has 1 heterocycles. The second-order valence-electron chi connectivity index (χ2n) is 6.65. The molecule has 1 aromatic heterocycles. The quantitative estimate of drug-likeness (QED) is 0.859. The van der Waals surface area contributed by atoms with Crippen LogP contribution in [0.25, 0.3) is 0 Å². The molecule has 2 amide bonds. The van der Waals surface area contributed by atoms with E-state index in [1.165, 1.54) is 34.5 Å². The molecule has 1 atom stereocenters. The van der Waals surface area contributed by atoms with Crippen molar-refractivity contribution in [1.29, 1.82) is 0 Å². The van der Waals surface area contributed by atoms with E-state index in [9.17, 15) is 4.79 Å². The fourth-order valence-corrected chi connectivity index (χ4v) is 4.67. The molecule has 23 heavy (non-hydrogen) atoms. The maximum absolute atomic E-state index is 12.2. The molecule has 0 bridgehead atoms. The van der Waals surface area contributed by atoms with Gasteiger partial charge in [0.2, 0.25) is 0 Å². The maximum atomic E-state index is 12.2. The van der Waals surface area contributed by atoms with Crippen LogP contribution in [0.3, 0.4) is 0 Å². The molecule has 0 spiro atoms. The van der Waals surface area contributed by atoms with Crippen molar-refractivity contribution in [3.63, 3.8) is 0 Å². The van der Waals surface area contributed by atoms with Crippen LogP contribution < -0.4 is 10.6 Å². The number of anilines is 2. The van der Waals surface area contributed by atoms with E-state index in [-0.39, 0.29) is 6.03 Å². The third kappa shape index (κ3) is 3.11. The Hall–Kier alpha value is -1.88. The van der Waals surface area contributed by atoms with Gasteiger partial charge in [-0.1, -0.05) is 13.0 Å². The summed E-state index contributed by atoms with van der Waals surface area (Å²) in [7, 11) is 0. The summed E-state index contributed by atoms with van der Waals surface area (Å²) in [5.74, 6) is 0.719. The van der Waals surface area contributed by atoms with Gasteiger partial charge >= 0.3 is 6.03 Å². The van der Waals surface area contributed by atoms with E-state index < -0.39 is 0 Å². The molecule has 0 fully saturated rings. The van der Waals surface area contributed by atoms with Gasteiger partial charge in [0.25, 0.3) is 0 Å². The highest BCUT2D eigenvalue weighted by atomic mass is 32.1. The van der Waals surface area contributed by atoms with Crippen molar-refractivity contribution in [2.75, 3.05) is 10.6 Å². The summed E-state index contributed by atoms with van der Waals surface area (Å²) in [5, 5.41) is 6.52.